The van der Waals surface area contributed by atoms with Gasteiger partial charge in [-0.1, -0.05) is 151 Å². The summed E-state index contributed by atoms with van der Waals surface area (Å²) in [5.74, 6) is -1.85. The highest BCUT2D eigenvalue weighted by molar-refractivity contribution is 5.70. The van der Waals surface area contributed by atoms with Crippen LogP contribution in [0.5, 0.6) is 0 Å². The third kappa shape index (κ3) is 34.5. The van der Waals surface area contributed by atoms with Gasteiger partial charge in [0.25, 0.3) is 0 Å². The predicted octanol–water partition coefficient (Wildman–Crippen LogP) is 9.85. The first-order valence-electron chi connectivity index (χ1n) is 21.0. The molecule has 0 aliphatic heterocycles. The zero-order valence-corrected chi connectivity index (χ0v) is 34.9. The van der Waals surface area contributed by atoms with E-state index in [0.29, 0.717) is 12.8 Å². The van der Waals surface area contributed by atoms with Crippen LogP contribution in [0.3, 0.4) is 0 Å². The van der Waals surface area contributed by atoms with Crippen LogP contribution in [0.4, 0.5) is 0 Å². The molecule has 0 rings (SSSR count). The largest absolute Gasteiger partial charge is 0.544 e. The maximum Gasteiger partial charge on any atom is 0.306 e. The number of carboxylic acids is 1. The van der Waals surface area contributed by atoms with Gasteiger partial charge in [-0.2, -0.15) is 0 Å². The lowest BCUT2D eigenvalue weighted by atomic mass is 10.1. The van der Waals surface area contributed by atoms with Gasteiger partial charge in [-0.3, -0.25) is 9.59 Å². The molecule has 54 heavy (non-hydrogen) atoms. The molecule has 0 spiro atoms. The Kier molecular flexibility index (Phi) is 34.5. The molecule has 0 bridgehead atoms. The highest BCUT2D eigenvalue weighted by Crippen LogP contribution is 2.13. The second-order valence-corrected chi connectivity index (χ2v) is 14.8. The number of likely N-dealkylation sites (N-methyl/N-ethyl adjacent to an activating group) is 1. The Morgan fingerprint density at radius 3 is 1.50 bits per heavy atom. The quantitative estimate of drug-likeness (QED) is 0.0272. The number of unbranched alkanes of at least 4 members (excludes halogenated alkanes) is 10. The second kappa shape index (κ2) is 36.7. The third-order valence-electron chi connectivity index (χ3n) is 8.87. The number of hydrogen-bond donors (Lipinski definition) is 0. The van der Waals surface area contributed by atoms with Crippen molar-refractivity contribution in [2.75, 3.05) is 41.0 Å². The van der Waals surface area contributed by atoms with Crippen molar-refractivity contribution in [2.45, 2.75) is 161 Å². The molecule has 8 heteroatoms. The molecule has 0 fully saturated rings. The molecule has 2 atom stereocenters. The minimum atomic E-state index is -1.14. The van der Waals surface area contributed by atoms with E-state index < -0.39 is 24.1 Å². The molecular formula is C46H77NO7. The normalized spacial score (nSPS) is 13.7. The first-order valence-corrected chi connectivity index (χ1v) is 21.0. The lowest BCUT2D eigenvalue weighted by Gasteiger charge is -2.34. The molecule has 0 aromatic carbocycles. The van der Waals surface area contributed by atoms with Crippen LogP contribution in [0, 0.1) is 0 Å². The molecule has 0 saturated heterocycles. The molecule has 0 aliphatic carbocycles. The smallest absolute Gasteiger partial charge is 0.306 e. The van der Waals surface area contributed by atoms with Gasteiger partial charge in [-0.15, -0.1) is 0 Å². The number of carboxylic acid groups (broad SMARTS) is 1. The first kappa shape index (κ1) is 50.8. The molecule has 0 heterocycles. The Bertz CT molecular complexity index is 1110. The zero-order chi connectivity index (χ0) is 40.0. The van der Waals surface area contributed by atoms with Gasteiger partial charge in [-0.25, -0.2) is 0 Å². The number of allylic oxidation sites excluding steroid dienone is 12. The van der Waals surface area contributed by atoms with Crippen LogP contribution in [0.1, 0.15) is 149 Å². The highest BCUT2D eigenvalue weighted by Gasteiger charge is 2.25. The molecule has 0 aliphatic rings. The first-order chi connectivity index (χ1) is 26.1. The number of hydrogen-bond acceptors (Lipinski definition) is 7. The molecular weight excluding hydrogens is 679 g/mol. The van der Waals surface area contributed by atoms with Crippen LogP contribution in [0.2, 0.25) is 0 Å². The Hall–Kier alpha value is -3.23. The average molecular weight is 756 g/mol. The van der Waals surface area contributed by atoms with E-state index in [1.165, 1.54) is 51.4 Å². The zero-order valence-electron chi connectivity index (χ0n) is 34.9. The standard InChI is InChI=1S/C46H77NO7/c1-6-8-10-12-14-16-18-19-20-21-22-23-24-25-27-29-31-33-35-37-45(49)54-42(40-52-39-38-43(46(50)51)47(3,4)5)41-53-44(48)36-34-32-30-28-26-17-15-13-11-9-7-2/h8,10,14,16,19-20,22-23,25,27,31,33,42-43H,6-7,9,11-13,15,17-18,21,24,26,28-30,32,34-41H2,1-5H3/b10-8-,16-14-,20-19-,23-22-,27-25-,33-31-. The lowest BCUT2D eigenvalue weighted by Crippen LogP contribution is -2.55. The van der Waals surface area contributed by atoms with Crippen LogP contribution in [-0.4, -0.2) is 75.5 Å². The maximum atomic E-state index is 12.7. The fourth-order valence-electron chi connectivity index (χ4n) is 5.62. The van der Waals surface area contributed by atoms with E-state index in [2.05, 4.69) is 74.6 Å². The molecule has 0 N–H and O–H groups in total. The van der Waals surface area contributed by atoms with Crippen molar-refractivity contribution in [3.05, 3.63) is 72.9 Å². The fraction of sp³-hybridized carbons (Fsp3) is 0.674. The van der Waals surface area contributed by atoms with Crippen molar-refractivity contribution < 1.29 is 38.2 Å². The molecule has 0 radical (unpaired) electrons. The second-order valence-electron chi connectivity index (χ2n) is 14.8. The number of ether oxygens (including phenoxy) is 3. The molecule has 2 unspecified atom stereocenters. The van der Waals surface area contributed by atoms with Crippen molar-refractivity contribution in [3.63, 3.8) is 0 Å². The summed E-state index contributed by atoms with van der Waals surface area (Å²) in [5.41, 5.74) is 0. The third-order valence-corrected chi connectivity index (χ3v) is 8.87. The molecule has 0 saturated carbocycles. The summed E-state index contributed by atoms with van der Waals surface area (Å²) in [4.78, 5) is 36.7. The SMILES string of the molecule is CC/C=C\C/C=C\C/C=C\C/C=C\C/C=C\C/C=C\CCC(=O)OC(COCCC(C(=O)[O-])[N+](C)(C)C)COC(=O)CCCCCCCCCCCCC. The van der Waals surface area contributed by atoms with Crippen LogP contribution in [0.25, 0.3) is 0 Å². The number of esters is 2. The van der Waals surface area contributed by atoms with Crippen molar-refractivity contribution in [1.82, 2.24) is 0 Å². The van der Waals surface area contributed by atoms with Crippen molar-refractivity contribution in [3.8, 4) is 0 Å². The molecule has 308 valence electrons. The van der Waals surface area contributed by atoms with E-state index in [1.807, 2.05) is 12.2 Å². The number of carbonyl (C=O) groups excluding carboxylic acids is 3. The van der Waals surface area contributed by atoms with E-state index in [1.54, 1.807) is 21.1 Å². The highest BCUT2D eigenvalue weighted by atomic mass is 16.6. The van der Waals surface area contributed by atoms with Crippen LogP contribution in [-0.2, 0) is 28.6 Å². The van der Waals surface area contributed by atoms with Gasteiger partial charge >= 0.3 is 11.9 Å². The molecule has 0 amide bonds. The average Bonchev–Trinajstić information content (AvgIpc) is 3.12. The summed E-state index contributed by atoms with van der Waals surface area (Å²) in [6.07, 6.45) is 45.1. The van der Waals surface area contributed by atoms with Crippen molar-refractivity contribution >= 4 is 17.9 Å². The summed E-state index contributed by atoms with van der Waals surface area (Å²) in [7, 11) is 5.37. The van der Waals surface area contributed by atoms with Crippen molar-refractivity contribution in [1.29, 1.82) is 0 Å². The van der Waals surface area contributed by atoms with E-state index in [0.717, 1.165) is 57.8 Å². The Labute approximate surface area is 330 Å². The summed E-state index contributed by atoms with van der Waals surface area (Å²) in [5, 5.41) is 11.6. The summed E-state index contributed by atoms with van der Waals surface area (Å²) >= 11 is 0. The Morgan fingerprint density at radius 2 is 1.04 bits per heavy atom. The van der Waals surface area contributed by atoms with Crippen LogP contribution in [0.15, 0.2) is 72.9 Å². The Morgan fingerprint density at radius 1 is 0.574 bits per heavy atom. The molecule has 0 aromatic heterocycles. The molecule has 0 aromatic rings. The summed E-state index contributed by atoms with van der Waals surface area (Å²) in [6.45, 7) is 4.44. The number of quaternary nitrogens is 1. The van der Waals surface area contributed by atoms with Gasteiger partial charge in [0.15, 0.2) is 6.10 Å². The van der Waals surface area contributed by atoms with Gasteiger partial charge in [0.2, 0.25) is 0 Å². The van der Waals surface area contributed by atoms with E-state index >= 15 is 0 Å². The predicted molar refractivity (Wildman–Crippen MR) is 222 cm³/mol. The Balaban J connectivity index is 4.51. The summed E-state index contributed by atoms with van der Waals surface area (Å²) in [6, 6.07) is -0.740. The van der Waals surface area contributed by atoms with Gasteiger partial charge in [0.1, 0.15) is 12.6 Å². The minimum Gasteiger partial charge on any atom is -0.544 e. The van der Waals surface area contributed by atoms with Crippen LogP contribution >= 0.6 is 0 Å². The fourth-order valence-corrected chi connectivity index (χ4v) is 5.62. The number of rotatable bonds is 36. The van der Waals surface area contributed by atoms with E-state index in [4.69, 9.17) is 14.2 Å². The van der Waals surface area contributed by atoms with E-state index in [-0.39, 0.29) is 43.1 Å². The van der Waals surface area contributed by atoms with Gasteiger partial charge < -0.3 is 28.6 Å². The van der Waals surface area contributed by atoms with E-state index in [9.17, 15) is 19.5 Å². The number of nitrogens with zero attached hydrogens (tertiary/aromatic N) is 1. The lowest BCUT2D eigenvalue weighted by molar-refractivity contribution is -0.889. The van der Waals surface area contributed by atoms with Gasteiger partial charge in [0, 0.05) is 19.3 Å². The van der Waals surface area contributed by atoms with Gasteiger partial charge in [-0.05, 0) is 51.4 Å². The minimum absolute atomic E-state index is 0.00822. The maximum absolute atomic E-state index is 12.7. The van der Waals surface area contributed by atoms with Crippen LogP contribution < -0.4 is 5.11 Å². The summed E-state index contributed by atoms with van der Waals surface area (Å²) < 4.78 is 17.0. The molecule has 8 nitrogen and oxygen atoms in total. The number of carbonyl (C=O) groups is 3. The monoisotopic (exact) mass is 756 g/mol. The van der Waals surface area contributed by atoms with Crippen molar-refractivity contribution in [2.24, 2.45) is 0 Å². The topological polar surface area (TPSA) is 102 Å². The number of aliphatic carboxylic acids is 1. The van der Waals surface area contributed by atoms with Gasteiger partial charge in [0.05, 0.1) is 40.3 Å².